The molecule has 0 aromatic carbocycles. The molecule has 0 aliphatic heterocycles. The van der Waals surface area contributed by atoms with Crippen LogP contribution in [0.5, 0.6) is 0 Å². The van der Waals surface area contributed by atoms with Gasteiger partial charge in [0, 0.05) is 11.6 Å². The van der Waals surface area contributed by atoms with Gasteiger partial charge in [0.05, 0.1) is 0 Å². The number of nitrogens with two attached hydrogens (primary N) is 6. The van der Waals surface area contributed by atoms with E-state index < -0.39 is 11.9 Å². The van der Waals surface area contributed by atoms with Crippen molar-refractivity contribution in [2.75, 3.05) is 34.4 Å². The summed E-state index contributed by atoms with van der Waals surface area (Å²) in [5.74, 6) is -1.67. The van der Waals surface area contributed by atoms with Gasteiger partial charge in [0.15, 0.2) is 0 Å². The van der Waals surface area contributed by atoms with Crippen molar-refractivity contribution in [2.45, 2.75) is 6.92 Å². The Morgan fingerprint density at radius 3 is 0.931 bits per heavy atom. The molecule has 0 aliphatic rings. The monoisotopic (exact) mass is 410 g/mol. The molecule has 158 valence electrons. The number of rotatable bonds is 2. The lowest BCUT2D eigenvalue weighted by atomic mass is 10.4. The van der Waals surface area contributed by atoms with Crippen LogP contribution in [-0.4, -0.2) is 52.1 Å². The lowest BCUT2D eigenvalue weighted by Gasteiger charge is -1.93. The zero-order valence-electron chi connectivity index (χ0n) is 15.3. The summed E-state index contributed by atoms with van der Waals surface area (Å²) < 4.78 is 0. The van der Waals surface area contributed by atoms with Gasteiger partial charge in [-0.15, -0.1) is 0 Å². The number of aromatic nitrogens is 6. The minimum absolute atomic E-state index is 0.0417. The Morgan fingerprint density at radius 1 is 0.724 bits per heavy atom. The van der Waals surface area contributed by atoms with Gasteiger partial charge in [-0.05, 0) is 6.92 Å². The molecule has 0 bridgehead atoms. The molecule has 16 heteroatoms. The zero-order chi connectivity index (χ0) is 23.1. The first-order chi connectivity index (χ1) is 13.3. The van der Waals surface area contributed by atoms with Gasteiger partial charge < -0.3 is 44.6 Å². The fourth-order valence-electron chi connectivity index (χ4n) is 0.854. The fraction of sp³-hybridized carbons (Fsp3) is 0.0769. The van der Waals surface area contributed by atoms with Crippen LogP contribution in [0, 0.1) is 0 Å². The molecule has 2 heterocycles. The number of carbonyl (C=O) groups is 2. The molecule has 2 aromatic rings. The summed E-state index contributed by atoms with van der Waals surface area (Å²) in [6.45, 7) is 7.56. The molecule has 2 aromatic heterocycles. The Morgan fingerprint density at radius 2 is 0.862 bits per heavy atom. The smallest absolute Gasteiger partial charge is 0.330 e. The van der Waals surface area contributed by atoms with Gasteiger partial charge in [-0.3, -0.25) is 0 Å². The van der Waals surface area contributed by atoms with Crippen LogP contribution < -0.4 is 34.4 Å². The number of carboxylic acids is 2. The normalized spacial score (nSPS) is 8.45. The SMILES string of the molecule is C=C(C)C(=O)O.C=CC(=O)O.Nc1nc(N)nc(N)n1.Nc1nc(N)nc(N)n1. The van der Waals surface area contributed by atoms with Crippen LogP contribution in [0.1, 0.15) is 6.92 Å². The Kier molecular flexibility index (Phi) is 12.3. The van der Waals surface area contributed by atoms with Gasteiger partial charge in [-0.25, -0.2) is 9.59 Å². The first kappa shape index (κ1) is 26.5. The summed E-state index contributed by atoms with van der Waals surface area (Å²) in [4.78, 5) is 39.8. The van der Waals surface area contributed by atoms with Crippen molar-refractivity contribution in [3.05, 3.63) is 24.8 Å². The molecule has 0 fully saturated rings. The number of carboxylic acid groups (broad SMARTS) is 2. The summed E-state index contributed by atoms with van der Waals surface area (Å²) in [6, 6.07) is 0. The van der Waals surface area contributed by atoms with E-state index in [0.717, 1.165) is 6.08 Å². The number of nitrogen functional groups attached to an aromatic ring is 6. The number of aliphatic carboxylic acids is 2. The molecule has 0 saturated carbocycles. The van der Waals surface area contributed by atoms with Crippen molar-refractivity contribution in [3.63, 3.8) is 0 Å². The van der Waals surface area contributed by atoms with E-state index in [-0.39, 0.29) is 41.3 Å². The summed E-state index contributed by atoms with van der Waals surface area (Å²) in [5.41, 5.74) is 31.0. The lowest BCUT2D eigenvalue weighted by Crippen LogP contribution is -2.05. The highest BCUT2D eigenvalue weighted by Gasteiger charge is 1.94. The average molecular weight is 410 g/mol. The largest absolute Gasteiger partial charge is 0.478 e. The molecule has 14 N–H and O–H groups in total. The second-order valence-electron chi connectivity index (χ2n) is 4.45. The Labute approximate surface area is 164 Å². The van der Waals surface area contributed by atoms with Crippen LogP contribution in [0.2, 0.25) is 0 Å². The maximum Gasteiger partial charge on any atom is 0.330 e. The quantitative estimate of drug-likeness (QED) is 0.251. The van der Waals surface area contributed by atoms with Crippen molar-refractivity contribution in [1.29, 1.82) is 0 Å². The van der Waals surface area contributed by atoms with Crippen molar-refractivity contribution in [2.24, 2.45) is 0 Å². The number of nitrogens with zero attached hydrogens (tertiary/aromatic N) is 6. The van der Waals surface area contributed by atoms with Gasteiger partial charge in [0.25, 0.3) is 0 Å². The van der Waals surface area contributed by atoms with Crippen LogP contribution in [0.15, 0.2) is 24.8 Å². The van der Waals surface area contributed by atoms with Crippen LogP contribution in [-0.2, 0) is 9.59 Å². The third kappa shape index (κ3) is 16.5. The Balaban J connectivity index is 0. The second kappa shape index (κ2) is 13.4. The van der Waals surface area contributed by atoms with Crippen molar-refractivity contribution in [3.8, 4) is 0 Å². The minimum Gasteiger partial charge on any atom is -0.478 e. The second-order valence-corrected chi connectivity index (χ2v) is 4.45. The van der Waals surface area contributed by atoms with Crippen LogP contribution in [0.4, 0.5) is 35.7 Å². The standard InChI is InChI=1S/C4H6O2.2C3H6N6.C3H4O2/c1-3(2)4(5)6;2*4-1-7-2(5)9-3(6)8-1;1-2-3(4)5/h1H2,2H3,(H,5,6);2*(H6,4,5,6,7,8,9);2H,1H2,(H,4,5). The molecule has 0 radical (unpaired) electrons. The van der Waals surface area contributed by atoms with Gasteiger partial charge in [0.2, 0.25) is 35.7 Å². The maximum absolute atomic E-state index is 9.60. The molecule has 16 nitrogen and oxygen atoms in total. The predicted molar refractivity (Wildman–Crippen MR) is 106 cm³/mol. The number of hydrogen-bond donors (Lipinski definition) is 8. The molecular weight excluding hydrogens is 388 g/mol. The third-order valence-corrected chi connectivity index (χ3v) is 1.91. The highest BCUT2D eigenvalue weighted by molar-refractivity contribution is 5.84. The topological polar surface area (TPSA) is 308 Å². The summed E-state index contributed by atoms with van der Waals surface area (Å²) in [6.07, 6.45) is 0.833. The highest BCUT2D eigenvalue weighted by Crippen LogP contribution is 1.98. The lowest BCUT2D eigenvalue weighted by molar-refractivity contribution is -0.133. The van der Waals surface area contributed by atoms with E-state index in [1.807, 2.05) is 0 Å². The zero-order valence-corrected chi connectivity index (χ0v) is 15.3. The number of hydrogen-bond acceptors (Lipinski definition) is 14. The molecule has 0 unspecified atom stereocenters. The Hall–Kier alpha value is -4.76. The summed E-state index contributed by atoms with van der Waals surface area (Å²) >= 11 is 0. The van der Waals surface area contributed by atoms with Gasteiger partial charge in [-0.1, -0.05) is 13.2 Å². The van der Waals surface area contributed by atoms with Crippen LogP contribution in [0.3, 0.4) is 0 Å². The first-order valence-corrected chi connectivity index (χ1v) is 7.07. The average Bonchev–Trinajstić information content (AvgIpc) is 2.53. The van der Waals surface area contributed by atoms with Gasteiger partial charge in [0.1, 0.15) is 0 Å². The van der Waals surface area contributed by atoms with Crippen molar-refractivity contribution < 1.29 is 19.8 Å². The first-order valence-electron chi connectivity index (χ1n) is 7.07. The van der Waals surface area contributed by atoms with E-state index in [1.165, 1.54) is 6.92 Å². The number of anilines is 6. The summed E-state index contributed by atoms with van der Waals surface area (Å²) in [5, 5.41) is 15.5. The molecule has 0 aliphatic carbocycles. The third-order valence-electron chi connectivity index (χ3n) is 1.91. The van der Waals surface area contributed by atoms with E-state index in [2.05, 4.69) is 43.1 Å². The van der Waals surface area contributed by atoms with Crippen molar-refractivity contribution >= 4 is 47.6 Å². The van der Waals surface area contributed by atoms with E-state index in [0.29, 0.717) is 0 Å². The summed E-state index contributed by atoms with van der Waals surface area (Å²) in [7, 11) is 0. The van der Waals surface area contributed by atoms with E-state index in [9.17, 15) is 9.59 Å². The predicted octanol–water partition coefficient (Wildman–Crippen LogP) is -1.86. The molecule has 0 amide bonds. The molecule has 2 rings (SSSR count). The van der Waals surface area contributed by atoms with Gasteiger partial charge >= 0.3 is 11.9 Å². The molecule has 0 atom stereocenters. The Bertz CT molecular complexity index is 695. The molecule has 0 spiro atoms. The van der Waals surface area contributed by atoms with Crippen molar-refractivity contribution in [1.82, 2.24) is 29.9 Å². The van der Waals surface area contributed by atoms with Crippen LogP contribution >= 0.6 is 0 Å². The molecule has 0 saturated heterocycles. The molecule has 29 heavy (non-hydrogen) atoms. The maximum atomic E-state index is 9.60. The van der Waals surface area contributed by atoms with E-state index in [1.54, 1.807) is 0 Å². The van der Waals surface area contributed by atoms with E-state index >= 15 is 0 Å². The highest BCUT2D eigenvalue weighted by atomic mass is 16.4. The molecular formula is C13H22N12O4. The van der Waals surface area contributed by atoms with Crippen LogP contribution in [0.25, 0.3) is 0 Å². The van der Waals surface area contributed by atoms with E-state index in [4.69, 9.17) is 44.6 Å². The fourth-order valence-corrected chi connectivity index (χ4v) is 0.854. The van der Waals surface area contributed by atoms with Gasteiger partial charge in [-0.2, -0.15) is 29.9 Å². The minimum atomic E-state index is -0.981.